The van der Waals surface area contributed by atoms with Crippen molar-refractivity contribution >= 4 is 39.0 Å². The van der Waals surface area contributed by atoms with Crippen molar-refractivity contribution in [2.24, 2.45) is 0 Å². The van der Waals surface area contributed by atoms with Crippen LogP contribution in [0.2, 0.25) is 0 Å². The number of urea groups is 1. The van der Waals surface area contributed by atoms with E-state index in [0.29, 0.717) is 22.2 Å². The van der Waals surface area contributed by atoms with Crippen molar-refractivity contribution in [3.63, 3.8) is 0 Å². The number of aromatic nitrogens is 2. The Bertz CT molecular complexity index is 1660. The predicted octanol–water partition coefficient (Wildman–Crippen LogP) is 3.16. The van der Waals surface area contributed by atoms with E-state index >= 15 is 0 Å². The summed E-state index contributed by atoms with van der Waals surface area (Å²) in [6, 6.07) is 3.15. The maximum atomic E-state index is 13.4. The number of fused-ring (bicyclic) bond motifs is 1. The van der Waals surface area contributed by atoms with Gasteiger partial charge in [-0.15, -0.1) is 0 Å². The summed E-state index contributed by atoms with van der Waals surface area (Å²) in [7, 11) is -4.22. The topological polar surface area (TPSA) is 170 Å². The van der Waals surface area contributed by atoms with Crippen molar-refractivity contribution in [2.75, 3.05) is 6.54 Å². The zero-order valence-corrected chi connectivity index (χ0v) is 25.1. The van der Waals surface area contributed by atoms with Gasteiger partial charge in [-0.2, -0.15) is 4.72 Å². The van der Waals surface area contributed by atoms with Crippen molar-refractivity contribution in [2.45, 2.75) is 71.9 Å². The number of aromatic amines is 1. The molecule has 3 aromatic rings. The molecule has 11 nitrogen and oxygen atoms in total. The maximum Gasteiger partial charge on any atom is 0.322 e. The van der Waals surface area contributed by atoms with Crippen LogP contribution in [0, 0.1) is 34.6 Å². The molecule has 0 unspecified atom stereocenters. The molecule has 0 fully saturated rings. The highest BCUT2D eigenvalue weighted by Crippen LogP contribution is 2.29. The molecule has 220 valence electrons. The van der Waals surface area contributed by atoms with E-state index in [1.807, 2.05) is 34.6 Å². The molecule has 1 aromatic heterocycles. The first kappa shape index (κ1) is 31.5. The number of aliphatic carboxylic acids is 1. The van der Waals surface area contributed by atoms with E-state index in [0.717, 1.165) is 16.7 Å². The Kier molecular flexibility index (Phi) is 9.72. The second-order valence-corrected chi connectivity index (χ2v) is 12.0. The lowest BCUT2D eigenvalue weighted by atomic mass is 9.95. The molecule has 0 aliphatic carbocycles. The van der Waals surface area contributed by atoms with Crippen LogP contribution < -0.4 is 20.9 Å². The Morgan fingerprint density at radius 2 is 1.63 bits per heavy atom. The van der Waals surface area contributed by atoms with Crippen LogP contribution in [0.1, 0.15) is 53.1 Å². The molecule has 1 heterocycles. The number of amides is 2. The van der Waals surface area contributed by atoms with Crippen LogP contribution >= 0.6 is 0 Å². The van der Waals surface area contributed by atoms with Gasteiger partial charge in [0.1, 0.15) is 11.9 Å². The quantitative estimate of drug-likeness (QED) is 0.244. The highest BCUT2D eigenvalue weighted by atomic mass is 32.2. The summed E-state index contributed by atoms with van der Waals surface area (Å²) in [5, 5.41) is 15.5. The number of nitrogens with one attached hydrogen (secondary N) is 4. The molecule has 3 rings (SSSR count). The summed E-state index contributed by atoms with van der Waals surface area (Å²) in [4.78, 5) is 43.6. The molecule has 0 radical (unpaired) electrons. The van der Waals surface area contributed by atoms with Gasteiger partial charge in [0, 0.05) is 19.0 Å². The van der Waals surface area contributed by atoms with Crippen molar-refractivity contribution in [1.29, 1.82) is 0 Å². The lowest BCUT2D eigenvalue weighted by Crippen LogP contribution is -2.43. The summed E-state index contributed by atoms with van der Waals surface area (Å²) >= 11 is 0. The lowest BCUT2D eigenvalue weighted by Gasteiger charge is -2.21. The second-order valence-electron chi connectivity index (χ2n) is 10.4. The monoisotopic (exact) mass is 583 g/mol. The fraction of sp³-hybridized carbons (Fsp3) is 0.379. The van der Waals surface area contributed by atoms with Crippen LogP contribution in [-0.4, -0.2) is 54.1 Å². The first-order chi connectivity index (χ1) is 19.1. The number of benzene rings is 2. The highest BCUT2D eigenvalue weighted by Gasteiger charge is 2.30. The molecule has 0 saturated heterocycles. The summed E-state index contributed by atoms with van der Waals surface area (Å²) in [6.07, 6.45) is 3.12. The van der Waals surface area contributed by atoms with Crippen molar-refractivity contribution < 1.29 is 23.1 Å². The SMILES string of the molecule is Cc1c(C)c(C)c(S(=O)(=O)N[C@@H](Cc2nc3ccc(C=CCNC(=O)NC(C)C)cc3c(=O)[nH]2)C(=O)O)c(C)c1C. The van der Waals surface area contributed by atoms with E-state index in [-0.39, 0.29) is 41.1 Å². The number of H-pyrrole nitrogens is 1. The normalized spacial score (nSPS) is 12.7. The largest absolute Gasteiger partial charge is 0.480 e. The van der Waals surface area contributed by atoms with E-state index in [1.165, 1.54) is 0 Å². The molecular formula is C29H37N5O6S. The van der Waals surface area contributed by atoms with E-state index in [4.69, 9.17) is 0 Å². The third-order valence-electron chi connectivity index (χ3n) is 7.08. The molecular weight excluding hydrogens is 546 g/mol. The Morgan fingerprint density at radius 1 is 1.02 bits per heavy atom. The van der Waals surface area contributed by atoms with Crippen molar-refractivity contribution in [3.05, 3.63) is 73.8 Å². The van der Waals surface area contributed by atoms with Gasteiger partial charge in [-0.05, 0) is 94.0 Å². The third-order valence-corrected chi connectivity index (χ3v) is 8.83. The van der Waals surface area contributed by atoms with Crippen LogP contribution in [0.4, 0.5) is 4.79 Å². The minimum Gasteiger partial charge on any atom is -0.480 e. The number of carboxylic acid groups (broad SMARTS) is 1. The average molecular weight is 584 g/mol. The summed E-state index contributed by atoms with van der Waals surface area (Å²) in [5.41, 5.74) is 4.28. The third kappa shape index (κ3) is 7.39. The first-order valence-electron chi connectivity index (χ1n) is 13.2. The van der Waals surface area contributed by atoms with Gasteiger partial charge < -0.3 is 20.7 Å². The Hall–Kier alpha value is -4.03. The van der Waals surface area contributed by atoms with Gasteiger partial charge in [-0.25, -0.2) is 18.2 Å². The van der Waals surface area contributed by atoms with E-state index in [9.17, 15) is 27.9 Å². The van der Waals surface area contributed by atoms with Crippen molar-refractivity contribution in [3.8, 4) is 0 Å². The Labute approximate surface area is 239 Å². The number of nitrogens with zero attached hydrogens (tertiary/aromatic N) is 1. The Balaban J connectivity index is 1.83. The molecule has 0 saturated carbocycles. The highest BCUT2D eigenvalue weighted by molar-refractivity contribution is 7.89. The zero-order chi connectivity index (χ0) is 30.6. The van der Waals surface area contributed by atoms with E-state index in [2.05, 4.69) is 25.3 Å². The van der Waals surface area contributed by atoms with Gasteiger partial charge in [0.2, 0.25) is 10.0 Å². The van der Waals surface area contributed by atoms with E-state index in [1.54, 1.807) is 44.2 Å². The first-order valence-corrected chi connectivity index (χ1v) is 14.7. The van der Waals surface area contributed by atoms with Gasteiger partial charge in [-0.3, -0.25) is 9.59 Å². The van der Waals surface area contributed by atoms with Gasteiger partial charge >= 0.3 is 12.0 Å². The lowest BCUT2D eigenvalue weighted by molar-refractivity contribution is -0.139. The number of rotatable bonds is 10. The van der Waals surface area contributed by atoms with Crippen LogP contribution in [0.25, 0.3) is 17.0 Å². The number of hydrogen-bond donors (Lipinski definition) is 5. The molecule has 1 atom stereocenters. The average Bonchev–Trinajstić information content (AvgIpc) is 2.88. The minimum absolute atomic E-state index is 0.0182. The van der Waals surface area contributed by atoms with Crippen LogP contribution in [-0.2, 0) is 21.2 Å². The molecule has 2 aromatic carbocycles. The molecule has 0 aliphatic rings. The van der Waals surface area contributed by atoms with Gasteiger partial charge in [0.15, 0.2) is 0 Å². The number of hydrogen-bond acceptors (Lipinski definition) is 6. The molecule has 0 spiro atoms. The fourth-order valence-corrected chi connectivity index (χ4v) is 6.34. The predicted molar refractivity (Wildman–Crippen MR) is 159 cm³/mol. The van der Waals surface area contributed by atoms with Gasteiger partial charge in [0.25, 0.3) is 5.56 Å². The van der Waals surface area contributed by atoms with E-state index < -0.39 is 27.6 Å². The van der Waals surface area contributed by atoms with Gasteiger partial charge in [-0.1, -0.05) is 18.2 Å². The molecule has 2 amide bonds. The number of carboxylic acids is 1. The maximum absolute atomic E-state index is 13.4. The zero-order valence-electron chi connectivity index (χ0n) is 24.3. The molecule has 5 N–H and O–H groups in total. The smallest absolute Gasteiger partial charge is 0.322 e. The molecule has 12 heteroatoms. The standard InChI is InChI=1S/C29H37N5O6S/c1-15(2)31-29(38)30-12-8-9-21-10-11-23-22(13-21)27(35)33-25(32-23)14-24(28(36)37)34-41(39,40)26-19(6)17(4)16(3)18(5)20(26)7/h8-11,13,15,24,34H,12,14H2,1-7H3,(H,36,37)(H2,30,31,38)(H,32,33,35)/t24-/m0/s1. The van der Waals surface area contributed by atoms with Crippen LogP contribution in [0.15, 0.2) is 34.0 Å². The molecule has 0 bridgehead atoms. The number of carbonyl (C=O) groups is 2. The van der Waals surface area contributed by atoms with Gasteiger partial charge in [0.05, 0.1) is 15.8 Å². The summed E-state index contributed by atoms with van der Waals surface area (Å²) in [6.45, 7) is 13.0. The second kappa shape index (κ2) is 12.6. The minimum atomic E-state index is -4.22. The summed E-state index contributed by atoms with van der Waals surface area (Å²) < 4.78 is 29.1. The number of carbonyl (C=O) groups excluding carboxylic acids is 1. The Morgan fingerprint density at radius 3 is 2.22 bits per heavy atom. The van der Waals surface area contributed by atoms with Crippen LogP contribution in [0.5, 0.6) is 0 Å². The number of sulfonamides is 1. The van der Waals surface area contributed by atoms with Crippen LogP contribution in [0.3, 0.4) is 0 Å². The molecule has 41 heavy (non-hydrogen) atoms. The van der Waals surface area contributed by atoms with Crippen molar-refractivity contribution in [1.82, 2.24) is 25.3 Å². The molecule has 0 aliphatic heterocycles. The fourth-order valence-electron chi connectivity index (χ4n) is 4.55. The summed E-state index contributed by atoms with van der Waals surface area (Å²) in [5.74, 6) is -1.37.